The molecule has 32 heavy (non-hydrogen) atoms. The van der Waals surface area contributed by atoms with Gasteiger partial charge in [0.05, 0.1) is 10.9 Å². The van der Waals surface area contributed by atoms with Gasteiger partial charge in [0.15, 0.2) is 5.65 Å². The lowest BCUT2D eigenvalue weighted by molar-refractivity contribution is -0.137. The summed E-state index contributed by atoms with van der Waals surface area (Å²) in [5.74, 6) is -0.350. The number of halogens is 4. The smallest absolute Gasteiger partial charge is 0.396 e. The first-order valence-electron chi connectivity index (χ1n) is 9.71. The Labute approximate surface area is 180 Å². The summed E-state index contributed by atoms with van der Waals surface area (Å²) in [7, 11) is 1.72. The lowest BCUT2D eigenvalue weighted by Gasteiger charge is -2.10. The van der Waals surface area contributed by atoms with Gasteiger partial charge in [-0.05, 0) is 42.3 Å². The first kappa shape index (κ1) is 21.7. The average molecular weight is 444 g/mol. The van der Waals surface area contributed by atoms with Crippen LogP contribution in [-0.4, -0.2) is 38.0 Å². The fourth-order valence-electron chi connectivity index (χ4n) is 3.26. The van der Waals surface area contributed by atoms with E-state index in [1.807, 2.05) is 0 Å². The third-order valence-corrected chi connectivity index (χ3v) is 4.87. The molecule has 0 bridgehead atoms. The number of aliphatic hydroxyl groups excluding tert-OH is 1. The van der Waals surface area contributed by atoms with Crippen LogP contribution >= 0.6 is 0 Å². The number of nitrogens with one attached hydrogen (secondary N) is 1. The Bertz CT molecular complexity index is 1250. The number of hydrogen-bond acceptors (Lipinski definition) is 5. The molecule has 0 amide bonds. The Morgan fingerprint density at radius 1 is 1.19 bits per heavy atom. The monoisotopic (exact) mass is 444 g/mol. The fraction of sp³-hybridized carbons (Fsp3) is 0.227. The Morgan fingerprint density at radius 3 is 2.69 bits per heavy atom. The number of nitrogens with zero attached hydrogens (tertiary/aromatic N) is 4. The summed E-state index contributed by atoms with van der Waals surface area (Å²) in [6.45, 7) is 0.579. The van der Waals surface area contributed by atoms with Gasteiger partial charge in [0.1, 0.15) is 11.5 Å². The summed E-state index contributed by atoms with van der Waals surface area (Å²) >= 11 is 0. The van der Waals surface area contributed by atoms with Gasteiger partial charge in [-0.15, -0.1) is 0 Å². The molecule has 0 fully saturated rings. The average Bonchev–Trinajstić information content (AvgIpc) is 3.10. The van der Waals surface area contributed by atoms with E-state index in [0.29, 0.717) is 47.3 Å². The van der Waals surface area contributed by atoms with Gasteiger partial charge in [-0.3, -0.25) is 0 Å². The normalized spacial score (nSPS) is 11.8. The molecule has 2 aromatic carbocycles. The van der Waals surface area contributed by atoms with E-state index in [9.17, 15) is 17.6 Å². The van der Waals surface area contributed by atoms with Gasteiger partial charge < -0.3 is 10.4 Å². The van der Waals surface area contributed by atoms with Gasteiger partial charge in [-0.2, -0.15) is 23.3 Å². The van der Waals surface area contributed by atoms with Crippen LogP contribution in [0.4, 0.5) is 23.5 Å². The van der Waals surface area contributed by atoms with E-state index >= 15 is 0 Å². The summed E-state index contributed by atoms with van der Waals surface area (Å²) < 4.78 is 54.8. The predicted molar refractivity (Wildman–Crippen MR) is 111 cm³/mol. The van der Waals surface area contributed by atoms with Crippen LogP contribution in [0.3, 0.4) is 0 Å². The molecule has 1 radical (unpaired) electrons. The van der Waals surface area contributed by atoms with Crippen LogP contribution in [0.5, 0.6) is 0 Å². The van der Waals surface area contributed by atoms with Gasteiger partial charge in [-0.25, -0.2) is 14.1 Å². The number of benzene rings is 2. The maximum absolute atomic E-state index is 14.2. The zero-order valence-corrected chi connectivity index (χ0v) is 16.9. The standard InChI is InChI=1S/C22H18F4N5O/c1-31-20-17(12-28-21(29-20)27-9-2-10-32)19(30-31)14-5-3-13(4-6-14)16-11-15(22(24,25)26)7-8-18(16)23/h3-5,7-8,11-12,32H,2,9-10H2,1H3,(H,27,28,29). The minimum absolute atomic E-state index is 0.0569. The highest BCUT2D eigenvalue weighted by molar-refractivity contribution is 5.91. The van der Waals surface area contributed by atoms with E-state index in [1.54, 1.807) is 24.0 Å². The Kier molecular flexibility index (Phi) is 5.79. The van der Waals surface area contributed by atoms with Crippen molar-refractivity contribution in [1.82, 2.24) is 19.7 Å². The zero-order valence-electron chi connectivity index (χ0n) is 16.9. The molecule has 0 aliphatic heterocycles. The number of anilines is 1. The van der Waals surface area contributed by atoms with E-state index in [1.165, 1.54) is 12.1 Å². The molecule has 4 aromatic rings. The topological polar surface area (TPSA) is 75.9 Å². The third-order valence-electron chi connectivity index (χ3n) is 4.87. The molecular formula is C22H18F4N5O. The van der Waals surface area contributed by atoms with Crippen LogP contribution in [0.1, 0.15) is 12.0 Å². The number of alkyl halides is 3. The molecule has 6 nitrogen and oxygen atoms in total. The van der Waals surface area contributed by atoms with E-state index in [-0.39, 0.29) is 17.7 Å². The summed E-state index contributed by atoms with van der Waals surface area (Å²) in [6.07, 6.45) is -2.39. The van der Waals surface area contributed by atoms with E-state index in [2.05, 4.69) is 26.4 Å². The van der Waals surface area contributed by atoms with E-state index in [0.717, 1.165) is 12.1 Å². The zero-order chi connectivity index (χ0) is 22.9. The van der Waals surface area contributed by atoms with Crippen LogP contribution in [0.2, 0.25) is 0 Å². The van der Waals surface area contributed by atoms with Gasteiger partial charge in [0, 0.05) is 37.5 Å². The molecule has 2 aromatic heterocycles. The lowest BCUT2D eigenvalue weighted by Crippen LogP contribution is -2.07. The van der Waals surface area contributed by atoms with Crippen LogP contribution in [-0.2, 0) is 13.2 Å². The highest BCUT2D eigenvalue weighted by atomic mass is 19.4. The quantitative estimate of drug-likeness (QED) is 0.340. The van der Waals surface area contributed by atoms with Crippen molar-refractivity contribution in [3.05, 3.63) is 60.0 Å². The van der Waals surface area contributed by atoms with Crippen molar-refractivity contribution in [2.45, 2.75) is 12.6 Å². The molecule has 0 aliphatic carbocycles. The molecule has 0 aliphatic rings. The minimum atomic E-state index is -4.56. The predicted octanol–water partition coefficient (Wildman–Crippen LogP) is 4.45. The van der Waals surface area contributed by atoms with Crippen molar-refractivity contribution in [3.8, 4) is 22.4 Å². The van der Waals surface area contributed by atoms with Gasteiger partial charge >= 0.3 is 6.18 Å². The SMILES string of the molecule is Cn1nc(-c2[c]cc(-c3cc(C(F)(F)F)ccc3F)cc2)c2cnc(NCCCO)nc21. The van der Waals surface area contributed by atoms with E-state index in [4.69, 9.17) is 5.11 Å². The second-order valence-electron chi connectivity index (χ2n) is 7.09. The lowest BCUT2D eigenvalue weighted by atomic mass is 10.00. The molecule has 10 heteroatoms. The molecule has 2 heterocycles. The van der Waals surface area contributed by atoms with Crippen molar-refractivity contribution in [2.24, 2.45) is 7.05 Å². The molecule has 0 saturated heterocycles. The maximum atomic E-state index is 14.2. The maximum Gasteiger partial charge on any atom is 0.416 e. The second-order valence-corrected chi connectivity index (χ2v) is 7.09. The minimum Gasteiger partial charge on any atom is -0.396 e. The van der Waals surface area contributed by atoms with Gasteiger partial charge in [-0.1, -0.05) is 12.1 Å². The van der Waals surface area contributed by atoms with Crippen molar-refractivity contribution < 1.29 is 22.7 Å². The molecule has 4 rings (SSSR count). The number of fused-ring (bicyclic) bond motifs is 1. The number of rotatable bonds is 6. The van der Waals surface area contributed by atoms with Crippen LogP contribution in [0.15, 0.2) is 42.6 Å². The van der Waals surface area contributed by atoms with Gasteiger partial charge in [0.25, 0.3) is 0 Å². The Morgan fingerprint density at radius 2 is 2.00 bits per heavy atom. The van der Waals surface area contributed by atoms with Crippen molar-refractivity contribution in [1.29, 1.82) is 0 Å². The Balaban J connectivity index is 1.66. The first-order chi connectivity index (χ1) is 15.3. The molecule has 0 atom stereocenters. The Hall–Kier alpha value is -3.53. The van der Waals surface area contributed by atoms with Crippen LogP contribution < -0.4 is 5.32 Å². The highest BCUT2D eigenvalue weighted by Crippen LogP contribution is 2.34. The fourth-order valence-corrected chi connectivity index (χ4v) is 3.26. The van der Waals surface area contributed by atoms with Crippen LogP contribution in [0.25, 0.3) is 33.4 Å². The summed E-state index contributed by atoms with van der Waals surface area (Å²) in [4.78, 5) is 8.69. The summed E-state index contributed by atoms with van der Waals surface area (Å²) in [5.41, 5.74) is 0.869. The molecule has 165 valence electrons. The first-order valence-corrected chi connectivity index (χ1v) is 9.71. The molecule has 0 spiro atoms. The highest BCUT2D eigenvalue weighted by Gasteiger charge is 2.31. The molecule has 0 unspecified atom stereocenters. The molecule has 0 saturated carbocycles. The summed E-state index contributed by atoms with van der Waals surface area (Å²) in [5, 5.41) is 17.0. The number of aliphatic hydroxyl groups is 1. The van der Waals surface area contributed by atoms with Gasteiger partial charge in [0.2, 0.25) is 5.95 Å². The van der Waals surface area contributed by atoms with Crippen molar-refractivity contribution >= 4 is 17.0 Å². The number of aryl methyl sites for hydroxylation is 1. The second kappa shape index (κ2) is 8.54. The number of aromatic nitrogens is 4. The molecular weight excluding hydrogens is 426 g/mol. The summed E-state index contributed by atoms with van der Waals surface area (Å²) in [6, 6.07) is 9.85. The largest absolute Gasteiger partial charge is 0.416 e. The van der Waals surface area contributed by atoms with Crippen LogP contribution in [0, 0.1) is 11.9 Å². The number of hydrogen-bond donors (Lipinski definition) is 2. The van der Waals surface area contributed by atoms with Crippen molar-refractivity contribution in [2.75, 3.05) is 18.5 Å². The van der Waals surface area contributed by atoms with Crippen molar-refractivity contribution in [3.63, 3.8) is 0 Å². The van der Waals surface area contributed by atoms with E-state index < -0.39 is 17.6 Å². The third kappa shape index (κ3) is 4.26. The molecule has 2 N–H and O–H groups in total.